The number of carbonyl (C=O) groups excluding carboxylic acids is 2. The average molecular weight is 324 g/mol. The van der Waals surface area contributed by atoms with Crippen molar-refractivity contribution in [2.75, 3.05) is 18.6 Å². The molecule has 0 radical (unpaired) electrons. The molecule has 22 heavy (non-hydrogen) atoms. The molecule has 2 amide bonds. The minimum Gasteiger partial charge on any atom is -0.352 e. The number of benzene rings is 1. The van der Waals surface area contributed by atoms with E-state index in [1.165, 1.54) is 4.90 Å². The van der Waals surface area contributed by atoms with Crippen molar-refractivity contribution in [3.8, 4) is 0 Å². The molecular weight excluding hydrogens is 304 g/mol. The molecule has 1 saturated heterocycles. The fourth-order valence-corrected chi connectivity index (χ4v) is 4.08. The third kappa shape index (κ3) is 4.84. The summed E-state index contributed by atoms with van der Waals surface area (Å²) in [6.07, 6.45) is 0.155. The van der Waals surface area contributed by atoms with Crippen LogP contribution in [0.25, 0.3) is 0 Å². The molecule has 0 bridgehead atoms. The van der Waals surface area contributed by atoms with Gasteiger partial charge in [-0.05, 0) is 12.0 Å². The molecule has 1 aromatic rings. The number of rotatable bonds is 5. The number of carbonyl (C=O) groups is 2. The summed E-state index contributed by atoms with van der Waals surface area (Å²) in [5.41, 5.74) is 0.987. The zero-order valence-electron chi connectivity index (χ0n) is 12.5. The van der Waals surface area contributed by atoms with Crippen LogP contribution >= 0.6 is 0 Å². The molecule has 1 fully saturated rings. The summed E-state index contributed by atoms with van der Waals surface area (Å²) in [6, 6.07) is 9.13. The largest absolute Gasteiger partial charge is 0.352 e. The maximum absolute atomic E-state index is 12.0. The molecule has 1 aromatic carbocycles. The second-order valence-electron chi connectivity index (χ2n) is 5.58. The molecule has 1 atom stereocenters. The van der Waals surface area contributed by atoms with E-state index in [1.807, 2.05) is 30.3 Å². The Bertz CT molecular complexity index is 643. The van der Waals surface area contributed by atoms with Gasteiger partial charge in [-0.25, -0.2) is 8.42 Å². The highest BCUT2D eigenvalue weighted by molar-refractivity contribution is 7.91. The molecule has 1 unspecified atom stereocenters. The van der Waals surface area contributed by atoms with Gasteiger partial charge in [-0.3, -0.25) is 9.59 Å². The van der Waals surface area contributed by atoms with Gasteiger partial charge in [-0.1, -0.05) is 30.3 Å². The van der Waals surface area contributed by atoms with Gasteiger partial charge in [0, 0.05) is 19.6 Å². The van der Waals surface area contributed by atoms with E-state index in [9.17, 15) is 18.0 Å². The number of sulfone groups is 1. The highest BCUT2D eigenvalue weighted by Gasteiger charge is 2.29. The van der Waals surface area contributed by atoms with Crippen LogP contribution in [0.2, 0.25) is 0 Å². The van der Waals surface area contributed by atoms with Gasteiger partial charge < -0.3 is 10.2 Å². The van der Waals surface area contributed by atoms with Crippen LogP contribution in [0.4, 0.5) is 0 Å². The third-order valence-electron chi connectivity index (χ3n) is 3.60. The van der Waals surface area contributed by atoms with Crippen LogP contribution < -0.4 is 5.32 Å². The summed E-state index contributed by atoms with van der Waals surface area (Å²) in [5, 5.41) is 2.62. The molecule has 0 aromatic heterocycles. The molecule has 6 nitrogen and oxygen atoms in total. The van der Waals surface area contributed by atoms with Crippen LogP contribution in [-0.4, -0.2) is 49.7 Å². The molecule has 1 aliphatic rings. The minimum atomic E-state index is -3.04. The average Bonchev–Trinajstić information content (AvgIpc) is 2.78. The molecule has 120 valence electrons. The van der Waals surface area contributed by atoms with Gasteiger partial charge in [0.05, 0.1) is 11.5 Å². The van der Waals surface area contributed by atoms with Gasteiger partial charge in [0.2, 0.25) is 11.8 Å². The SMILES string of the molecule is CN(Cc1ccccc1)C(=O)CC(=O)NC1CCS(=O)(=O)C1. The summed E-state index contributed by atoms with van der Waals surface area (Å²) in [6.45, 7) is 0.435. The predicted octanol–water partition coefficient (Wildman–Crippen LogP) is 0.338. The van der Waals surface area contributed by atoms with Crippen LogP contribution in [-0.2, 0) is 26.0 Å². The summed E-state index contributed by atoms with van der Waals surface area (Å²) in [5.74, 6) is -0.652. The number of nitrogens with one attached hydrogen (secondary N) is 1. The topological polar surface area (TPSA) is 83.6 Å². The molecule has 0 aliphatic carbocycles. The van der Waals surface area contributed by atoms with Crippen molar-refractivity contribution in [3.05, 3.63) is 35.9 Å². The molecule has 7 heteroatoms. The van der Waals surface area contributed by atoms with E-state index in [0.29, 0.717) is 13.0 Å². The summed E-state index contributed by atoms with van der Waals surface area (Å²) in [4.78, 5) is 25.3. The third-order valence-corrected chi connectivity index (χ3v) is 5.37. The number of nitrogens with zero attached hydrogens (tertiary/aromatic N) is 1. The van der Waals surface area contributed by atoms with Crippen molar-refractivity contribution in [2.24, 2.45) is 0 Å². The second kappa shape index (κ2) is 6.91. The van der Waals surface area contributed by atoms with Crippen molar-refractivity contribution in [1.82, 2.24) is 10.2 Å². The number of amides is 2. The van der Waals surface area contributed by atoms with E-state index in [4.69, 9.17) is 0 Å². The lowest BCUT2D eigenvalue weighted by Gasteiger charge is -2.18. The highest BCUT2D eigenvalue weighted by atomic mass is 32.2. The van der Waals surface area contributed by atoms with Gasteiger partial charge in [0.15, 0.2) is 9.84 Å². The van der Waals surface area contributed by atoms with Crippen molar-refractivity contribution in [3.63, 3.8) is 0 Å². The first-order valence-corrected chi connectivity index (χ1v) is 8.95. The summed E-state index contributed by atoms with van der Waals surface area (Å²) < 4.78 is 22.7. The van der Waals surface area contributed by atoms with Crippen molar-refractivity contribution in [1.29, 1.82) is 0 Å². The van der Waals surface area contributed by atoms with E-state index in [-0.39, 0.29) is 29.9 Å². The van der Waals surface area contributed by atoms with Crippen LogP contribution in [0.3, 0.4) is 0 Å². The van der Waals surface area contributed by atoms with E-state index in [0.717, 1.165) is 5.56 Å². The maximum Gasteiger partial charge on any atom is 0.232 e. The second-order valence-corrected chi connectivity index (χ2v) is 7.81. The van der Waals surface area contributed by atoms with Gasteiger partial charge in [-0.2, -0.15) is 0 Å². The smallest absolute Gasteiger partial charge is 0.232 e. The van der Waals surface area contributed by atoms with E-state index < -0.39 is 15.7 Å². The normalized spacial score (nSPS) is 19.6. The first kappa shape index (κ1) is 16.5. The lowest BCUT2D eigenvalue weighted by Crippen LogP contribution is -2.39. The lowest BCUT2D eigenvalue weighted by atomic mass is 10.2. The standard InChI is InChI=1S/C15H20N2O4S/c1-17(10-12-5-3-2-4-6-12)15(19)9-14(18)16-13-7-8-22(20,21)11-13/h2-6,13H,7-11H2,1H3,(H,16,18). The highest BCUT2D eigenvalue weighted by Crippen LogP contribution is 2.11. The van der Waals surface area contributed by atoms with Crippen molar-refractivity contribution in [2.45, 2.75) is 25.4 Å². The molecule has 1 aliphatic heterocycles. The van der Waals surface area contributed by atoms with Crippen LogP contribution in [0, 0.1) is 0 Å². The van der Waals surface area contributed by atoms with Crippen LogP contribution in [0.15, 0.2) is 30.3 Å². The molecule has 2 rings (SSSR count). The van der Waals surface area contributed by atoms with Crippen molar-refractivity contribution >= 4 is 21.7 Å². The van der Waals surface area contributed by atoms with Gasteiger partial charge in [0.25, 0.3) is 0 Å². The quantitative estimate of drug-likeness (QED) is 0.792. The first-order valence-electron chi connectivity index (χ1n) is 7.13. The Balaban J connectivity index is 1.80. The number of hydrogen-bond donors (Lipinski definition) is 1. The monoisotopic (exact) mass is 324 g/mol. The summed E-state index contributed by atoms with van der Waals surface area (Å²) >= 11 is 0. The van der Waals surface area contributed by atoms with Crippen LogP contribution in [0.1, 0.15) is 18.4 Å². The lowest BCUT2D eigenvalue weighted by molar-refractivity contribution is -0.135. The van der Waals surface area contributed by atoms with Gasteiger partial charge >= 0.3 is 0 Å². The van der Waals surface area contributed by atoms with E-state index in [1.54, 1.807) is 7.05 Å². The Hall–Kier alpha value is -1.89. The van der Waals surface area contributed by atoms with E-state index in [2.05, 4.69) is 5.32 Å². The zero-order valence-corrected chi connectivity index (χ0v) is 13.3. The maximum atomic E-state index is 12.0. The Morgan fingerprint density at radius 3 is 2.55 bits per heavy atom. The Morgan fingerprint density at radius 2 is 1.95 bits per heavy atom. The first-order chi connectivity index (χ1) is 10.4. The van der Waals surface area contributed by atoms with Crippen LogP contribution in [0.5, 0.6) is 0 Å². The Morgan fingerprint density at radius 1 is 1.27 bits per heavy atom. The molecular formula is C15H20N2O4S. The molecule has 1 N–H and O–H groups in total. The molecule has 1 heterocycles. The zero-order chi connectivity index (χ0) is 16.2. The van der Waals surface area contributed by atoms with Gasteiger partial charge in [0.1, 0.15) is 6.42 Å². The van der Waals surface area contributed by atoms with Crippen molar-refractivity contribution < 1.29 is 18.0 Å². The van der Waals surface area contributed by atoms with Gasteiger partial charge in [-0.15, -0.1) is 0 Å². The van der Waals surface area contributed by atoms with E-state index >= 15 is 0 Å². The molecule has 0 spiro atoms. The summed E-state index contributed by atoms with van der Waals surface area (Å²) in [7, 11) is -1.40. The minimum absolute atomic E-state index is 0.0349. The fourth-order valence-electron chi connectivity index (χ4n) is 2.41. The Labute approximate surface area is 130 Å². The number of hydrogen-bond acceptors (Lipinski definition) is 4. The predicted molar refractivity (Wildman–Crippen MR) is 82.7 cm³/mol. The fraction of sp³-hybridized carbons (Fsp3) is 0.467. The molecule has 0 saturated carbocycles. The Kier molecular flexibility index (Phi) is 5.18.